The molecule has 0 aliphatic carbocycles. The molecule has 0 atom stereocenters. The lowest BCUT2D eigenvalue weighted by atomic mass is 10.2. The van der Waals surface area contributed by atoms with Gasteiger partial charge >= 0.3 is 19.6 Å². The third kappa shape index (κ3) is 6.48. The van der Waals surface area contributed by atoms with Crippen LogP contribution in [0.4, 0.5) is 0 Å². The number of hydrogen-bond acceptors (Lipinski definition) is 4. The molecule has 0 unspecified atom stereocenters. The Hall–Kier alpha value is -3.08. The highest BCUT2D eigenvalue weighted by molar-refractivity contribution is 6.27. The molecule has 0 aliphatic rings. The fourth-order valence-electron chi connectivity index (χ4n) is 1.65. The van der Waals surface area contributed by atoms with E-state index in [0.29, 0.717) is 0 Å². The molecule has 5 heteroatoms. The van der Waals surface area contributed by atoms with Crippen LogP contribution in [0, 0.1) is 0 Å². The van der Waals surface area contributed by atoms with Crippen LogP contribution >= 0.6 is 0 Å². The van der Waals surface area contributed by atoms with Crippen LogP contribution < -0.4 is 0 Å². The van der Waals surface area contributed by atoms with E-state index in [-0.39, 0.29) is 0 Å². The van der Waals surface area contributed by atoms with Crippen LogP contribution in [-0.4, -0.2) is 19.6 Å². The predicted molar refractivity (Wildman–Crippen MR) is 88.9 cm³/mol. The summed E-state index contributed by atoms with van der Waals surface area (Å²) in [5, 5.41) is 0. The summed E-state index contributed by atoms with van der Waals surface area (Å²) in [5.41, 5.74) is 1.74. The highest BCUT2D eigenvalue weighted by Crippen LogP contribution is 2.02. The van der Waals surface area contributed by atoms with Crippen LogP contribution in [-0.2, 0) is 18.9 Å². The van der Waals surface area contributed by atoms with Gasteiger partial charge in [-0.3, -0.25) is 0 Å². The van der Waals surface area contributed by atoms with Crippen LogP contribution in [0.2, 0.25) is 0 Å². The Morgan fingerprint density at radius 2 is 1.09 bits per heavy atom. The van der Waals surface area contributed by atoms with Gasteiger partial charge in [0.15, 0.2) is 0 Å². The van der Waals surface area contributed by atoms with E-state index >= 15 is 0 Å². The average molecular weight is 305 g/mol. The lowest BCUT2D eigenvalue weighted by molar-refractivity contribution is -0.133. The first kappa shape index (κ1) is 16.3. The molecule has 0 fully saturated rings. The van der Waals surface area contributed by atoms with Crippen molar-refractivity contribution in [3.05, 3.63) is 83.9 Å². The van der Waals surface area contributed by atoms with E-state index in [0.717, 1.165) is 18.8 Å². The number of carbonyl (C=O) groups excluding carboxylic acids is 2. The van der Waals surface area contributed by atoms with Gasteiger partial charge in [-0.2, -0.15) is 0 Å². The van der Waals surface area contributed by atoms with Gasteiger partial charge in [-0.25, -0.2) is 9.59 Å². The Bertz CT molecular complexity index is 632. The molecule has 0 bridgehead atoms. The van der Waals surface area contributed by atoms with Crippen LogP contribution in [0.1, 0.15) is 11.1 Å². The molecule has 1 radical (unpaired) electrons. The van der Waals surface area contributed by atoms with Crippen LogP contribution in [0.15, 0.2) is 72.8 Å². The molecule has 0 heterocycles. The molecule has 0 spiro atoms. The number of hydrogen-bond donors (Lipinski definition) is 0. The van der Waals surface area contributed by atoms with Crippen molar-refractivity contribution in [2.45, 2.75) is 0 Å². The summed E-state index contributed by atoms with van der Waals surface area (Å²) in [7, 11) is 0.718. The van der Waals surface area contributed by atoms with E-state index < -0.39 is 11.9 Å². The first-order chi connectivity index (χ1) is 11.2. The molecule has 2 aromatic rings. The third-order valence-corrected chi connectivity index (χ3v) is 2.75. The zero-order valence-corrected chi connectivity index (χ0v) is 12.3. The summed E-state index contributed by atoms with van der Waals surface area (Å²) in [6.45, 7) is 0. The highest BCUT2D eigenvalue weighted by Gasteiger charge is 2.06. The fourth-order valence-corrected chi connectivity index (χ4v) is 1.65. The first-order valence-electron chi connectivity index (χ1n) is 6.93. The second-order valence-electron chi connectivity index (χ2n) is 4.46. The minimum absolute atomic E-state index is 0.631. The second kappa shape index (κ2) is 9.05. The first-order valence-corrected chi connectivity index (χ1v) is 6.93. The number of carbonyl (C=O) groups is 2. The quantitative estimate of drug-likeness (QED) is 0.608. The van der Waals surface area contributed by atoms with Gasteiger partial charge in [0.1, 0.15) is 0 Å². The molecule has 0 saturated heterocycles. The van der Waals surface area contributed by atoms with Gasteiger partial charge < -0.3 is 9.31 Å². The van der Waals surface area contributed by atoms with Crippen molar-refractivity contribution in [2.24, 2.45) is 0 Å². The van der Waals surface area contributed by atoms with Gasteiger partial charge in [-0.05, 0) is 23.3 Å². The van der Waals surface area contributed by atoms with Crippen LogP contribution in [0.25, 0.3) is 12.2 Å². The molecular formula is C18H14BO4. The Kier molecular flexibility index (Phi) is 6.41. The van der Waals surface area contributed by atoms with Gasteiger partial charge in [0.2, 0.25) is 0 Å². The molecule has 0 aromatic heterocycles. The standard InChI is InChI=1S/C18H14BO4/c20-17(13-11-15-7-3-1-4-8-15)22-19-23-18(21)14-12-16-9-5-2-6-10-16/h1-14H. The molecule has 0 amide bonds. The number of rotatable bonds is 6. The smallest absolute Gasteiger partial charge is 0.496 e. The van der Waals surface area contributed by atoms with E-state index in [1.807, 2.05) is 60.7 Å². The fraction of sp³-hybridized carbons (Fsp3) is 0. The minimum Gasteiger partial charge on any atom is -0.496 e. The molecule has 0 N–H and O–H groups in total. The summed E-state index contributed by atoms with van der Waals surface area (Å²) in [4.78, 5) is 22.9. The van der Waals surface area contributed by atoms with Gasteiger partial charge in [-0.15, -0.1) is 0 Å². The molecule has 113 valence electrons. The van der Waals surface area contributed by atoms with E-state index in [2.05, 4.69) is 9.31 Å². The maximum Gasteiger partial charge on any atom is 0.662 e. The largest absolute Gasteiger partial charge is 0.662 e. The average Bonchev–Trinajstić information content (AvgIpc) is 2.60. The topological polar surface area (TPSA) is 52.6 Å². The van der Waals surface area contributed by atoms with Crippen LogP contribution in [0.5, 0.6) is 0 Å². The Labute approximate surface area is 135 Å². The summed E-state index contributed by atoms with van der Waals surface area (Å²) in [6.07, 6.45) is 5.71. The SMILES string of the molecule is O=C(C=Cc1ccccc1)O[B]OC(=O)C=Cc1ccccc1. The van der Waals surface area contributed by atoms with Gasteiger partial charge in [0, 0.05) is 12.2 Å². The van der Waals surface area contributed by atoms with Gasteiger partial charge in [-0.1, -0.05) is 60.7 Å². The van der Waals surface area contributed by atoms with E-state index in [1.54, 1.807) is 12.2 Å². The minimum atomic E-state index is -0.631. The Morgan fingerprint density at radius 3 is 1.48 bits per heavy atom. The molecule has 4 nitrogen and oxygen atoms in total. The molecule has 0 saturated carbocycles. The molecular weight excluding hydrogens is 291 g/mol. The number of benzene rings is 2. The molecule has 23 heavy (non-hydrogen) atoms. The third-order valence-electron chi connectivity index (χ3n) is 2.75. The van der Waals surface area contributed by atoms with Crippen molar-refractivity contribution in [1.29, 1.82) is 0 Å². The van der Waals surface area contributed by atoms with Crippen molar-refractivity contribution in [3.8, 4) is 0 Å². The molecule has 0 aliphatic heterocycles. The second-order valence-corrected chi connectivity index (χ2v) is 4.46. The maximum absolute atomic E-state index is 11.4. The van der Waals surface area contributed by atoms with E-state index in [1.165, 1.54) is 12.2 Å². The zero-order valence-electron chi connectivity index (χ0n) is 12.3. The lowest BCUT2D eigenvalue weighted by Gasteiger charge is -1.99. The molecule has 2 aromatic carbocycles. The zero-order chi connectivity index (χ0) is 16.3. The highest BCUT2D eigenvalue weighted by atomic mass is 16.6. The van der Waals surface area contributed by atoms with Gasteiger partial charge in [0.25, 0.3) is 0 Å². The Morgan fingerprint density at radius 1 is 0.696 bits per heavy atom. The maximum atomic E-state index is 11.4. The Balaban J connectivity index is 1.70. The van der Waals surface area contributed by atoms with Gasteiger partial charge in [0.05, 0.1) is 0 Å². The monoisotopic (exact) mass is 305 g/mol. The van der Waals surface area contributed by atoms with Crippen molar-refractivity contribution in [2.75, 3.05) is 0 Å². The van der Waals surface area contributed by atoms with Crippen molar-refractivity contribution in [1.82, 2.24) is 0 Å². The predicted octanol–water partition coefficient (Wildman–Crippen LogP) is 3.03. The van der Waals surface area contributed by atoms with Crippen molar-refractivity contribution < 1.29 is 18.9 Å². The summed E-state index contributed by atoms with van der Waals surface area (Å²) in [6, 6.07) is 18.6. The van der Waals surface area contributed by atoms with Crippen molar-refractivity contribution in [3.63, 3.8) is 0 Å². The summed E-state index contributed by atoms with van der Waals surface area (Å²) in [5.74, 6) is -1.26. The van der Waals surface area contributed by atoms with E-state index in [9.17, 15) is 9.59 Å². The summed E-state index contributed by atoms with van der Waals surface area (Å²) >= 11 is 0. The normalized spacial score (nSPS) is 10.6. The van der Waals surface area contributed by atoms with Crippen molar-refractivity contribution >= 4 is 31.8 Å². The van der Waals surface area contributed by atoms with E-state index in [4.69, 9.17) is 0 Å². The summed E-state index contributed by atoms with van der Waals surface area (Å²) < 4.78 is 9.32. The van der Waals surface area contributed by atoms with Crippen LogP contribution in [0.3, 0.4) is 0 Å². The lowest BCUT2D eigenvalue weighted by Crippen LogP contribution is -2.13. The molecule has 2 rings (SSSR count).